The van der Waals surface area contributed by atoms with E-state index in [1.165, 1.54) is 5.56 Å². The summed E-state index contributed by atoms with van der Waals surface area (Å²) in [6.45, 7) is 7.39. The first kappa shape index (κ1) is 11.4. The fourth-order valence-electron chi connectivity index (χ4n) is 1.74. The minimum atomic E-state index is 0.137. The Balaban J connectivity index is 1.89. The smallest absolute Gasteiger partial charge is 0.108 e. The molecule has 2 nitrogen and oxygen atoms in total. The van der Waals surface area contributed by atoms with Crippen LogP contribution in [0.3, 0.4) is 0 Å². The third kappa shape index (κ3) is 2.94. The lowest BCUT2D eigenvalue weighted by molar-refractivity contribution is 0.0000116. The van der Waals surface area contributed by atoms with E-state index in [4.69, 9.17) is 9.47 Å². The van der Waals surface area contributed by atoms with Gasteiger partial charge in [0.05, 0.1) is 19.3 Å². The first-order chi connectivity index (χ1) is 7.81. The van der Waals surface area contributed by atoms with Crippen LogP contribution in [0, 0.1) is 5.92 Å². The lowest BCUT2D eigenvalue weighted by Crippen LogP contribution is -2.26. The second kappa shape index (κ2) is 5.28. The molecular weight excluding hydrogens is 200 g/mol. The molecule has 1 heterocycles. The first-order valence-corrected chi connectivity index (χ1v) is 5.71. The molecule has 2 heteroatoms. The predicted octanol–water partition coefficient (Wildman–Crippen LogP) is 2.79. The van der Waals surface area contributed by atoms with E-state index in [1.54, 1.807) is 0 Å². The third-order valence-electron chi connectivity index (χ3n) is 2.90. The van der Waals surface area contributed by atoms with Crippen LogP contribution in [0.5, 0.6) is 0 Å². The standard InChI is InChI=1S/C14H18O2/c1-3-11(2)14(13-10-15-13)16-9-12-7-5-4-6-8-12/h3-8,11,13-14H,1,9-10H2,2H3/t11-,13+,14+/m1/s1. The molecule has 0 bridgehead atoms. The largest absolute Gasteiger partial charge is 0.370 e. The van der Waals surface area contributed by atoms with Crippen LogP contribution in [-0.2, 0) is 16.1 Å². The summed E-state index contributed by atoms with van der Waals surface area (Å²) in [5.74, 6) is 0.330. The molecule has 0 spiro atoms. The summed E-state index contributed by atoms with van der Waals surface area (Å²) < 4.78 is 11.2. The van der Waals surface area contributed by atoms with Crippen molar-refractivity contribution in [1.29, 1.82) is 0 Å². The van der Waals surface area contributed by atoms with Crippen LogP contribution in [0.1, 0.15) is 12.5 Å². The van der Waals surface area contributed by atoms with Gasteiger partial charge in [0.25, 0.3) is 0 Å². The van der Waals surface area contributed by atoms with Crippen molar-refractivity contribution in [3.63, 3.8) is 0 Å². The topological polar surface area (TPSA) is 21.8 Å². The monoisotopic (exact) mass is 218 g/mol. The molecule has 1 aliphatic heterocycles. The van der Waals surface area contributed by atoms with Crippen LogP contribution in [-0.4, -0.2) is 18.8 Å². The van der Waals surface area contributed by atoms with Crippen molar-refractivity contribution in [3.05, 3.63) is 48.6 Å². The maximum Gasteiger partial charge on any atom is 0.108 e. The Bertz CT molecular complexity index is 330. The van der Waals surface area contributed by atoms with Gasteiger partial charge in [0, 0.05) is 5.92 Å². The maximum absolute atomic E-state index is 5.91. The van der Waals surface area contributed by atoms with E-state index in [2.05, 4.69) is 25.6 Å². The number of rotatable bonds is 6. The Kier molecular flexibility index (Phi) is 3.75. The molecule has 86 valence electrons. The van der Waals surface area contributed by atoms with Crippen LogP contribution < -0.4 is 0 Å². The van der Waals surface area contributed by atoms with Crippen molar-refractivity contribution in [3.8, 4) is 0 Å². The zero-order chi connectivity index (χ0) is 11.4. The lowest BCUT2D eigenvalue weighted by Gasteiger charge is -2.20. The fraction of sp³-hybridized carbons (Fsp3) is 0.429. The van der Waals surface area contributed by atoms with Gasteiger partial charge in [-0.25, -0.2) is 0 Å². The Morgan fingerprint density at radius 3 is 2.75 bits per heavy atom. The van der Waals surface area contributed by atoms with E-state index < -0.39 is 0 Å². The molecule has 1 aliphatic rings. The van der Waals surface area contributed by atoms with Crippen molar-refractivity contribution >= 4 is 0 Å². The van der Waals surface area contributed by atoms with E-state index in [0.717, 1.165) is 6.61 Å². The van der Waals surface area contributed by atoms with E-state index in [-0.39, 0.29) is 12.2 Å². The van der Waals surface area contributed by atoms with E-state index >= 15 is 0 Å². The normalized spacial score (nSPS) is 22.4. The molecule has 0 N–H and O–H groups in total. The van der Waals surface area contributed by atoms with Gasteiger partial charge in [0.1, 0.15) is 6.10 Å². The number of epoxide rings is 1. The highest BCUT2D eigenvalue weighted by molar-refractivity contribution is 5.13. The maximum atomic E-state index is 5.91. The number of ether oxygens (including phenoxy) is 2. The van der Waals surface area contributed by atoms with Crippen LogP contribution in [0.4, 0.5) is 0 Å². The van der Waals surface area contributed by atoms with E-state index in [0.29, 0.717) is 12.5 Å². The highest BCUT2D eigenvalue weighted by Crippen LogP contribution is 2.25. The molecular formula is C14H18O2. The van der Waals surface area contributed by atoms with Gasteiger partial charge in [0.2, 0.25) is 0 Å². The molecule has 1 fully saturated rings. The summed E-state index contributed by atoms with van der Waals surface area (Å²) >= 11 is 0. The molecule has 0 saturated carbocycles. The average molecular weight is 218 g/mol. The summed E-state index contributed by atoms with van der Waals surface area (Å²) in [4.78, 5) is 0. The van der Waals surface area contributed by atoms with Gasteiger partial charge in [-0.1, -0.05) is 43.3 Å². The zero-order valence-electron chi connectivity index (χ0n) is 9.63. The second-order valence-electron chi connectivity index (χ2n) is 4.23. The summed E-state index contributed by atoms with van der Waals surface area (Å²) in [7, 11) is 0. The first-order valence-electron chi connectivity index (χ1n) is 5.71. The van der Waals surface area contributed by atoms with Gasteiger partial charge in [-0.2, -0.15) is 0 Å². The predicted molar refractivity (Wildman–Crippen MR) is 64.1 cm³/mol. The second-order valence-corrected chi connectivity index (χ2v) is 4.23. The molecule has 1 aromatic carbocycles. The van der Waals surface area contributed by atoms with Crippen molar-refractivity contribution in [2.45, 2.75) is 25.7 Å². The number of hydrogen-bond donors (Lipinski definition) is 0. The van der Waals surface area contributed by atoms with E-state index in [1.807, 2.05) is 24.3 Å². The molecule has 16 heavy (non-hydrogen) atoms. The fourth-order valence-corrected chi connectivity index (χ4v) is 1.74. The summed E-state index contributed by atoms with van der Waals surface area (Å²) in [6, 6.07) is 10.2. The molecule has 0 aliphatic carbocycles. The number of benzene rings is 1. The van der Waals surface area contributed by atoms with Crippen molar-refractivity contribution in [1.82, 2.24) is 0 Å². The minimum absolute atomic E-state index is 0.137. The van der Waals surface area contributed by atoms with Gasteiger partial charge >= 0.3 is 0 Å². The van der Waals surface area contributed by atoms with Crippen LogP contribution in [0.15, 0.2) is 43.0 Å². The minimum Gasteiger partial charge on any atom is -0.370 e. The van der Waals surface area contributed by atoms with Gasteiger partial charge in [-0.15, -0.1) is 6.58 Å². The lowest BCUT2D eigenvalue weighted by atomic mass is 10.0. The van der Waals surface area contributed by atoms with Crippen molar-refractivity contribution in [2.24, 2.45) is 5.92 Å². The molecule has 0 amide bonds. The highest BCUT2D eigenvalue weighted by Gasteiger charge is 2.36. The summed E-state index contributed by atoms with van der Waals surface area (Å²) in [5.41, 5.74) is 1.20. The Labute approximate surface area is 96.9 Å². The van der Waals surface area contributed by atoms with Gasteiger partial charge in [-0.3, -0.25) is 0 Å². The zero-order valence-corrected chi connectivity index (χ0v) is 9.63. The van der Waals surface area contributed by atoms with Gasteiger partial charge in [-0.05, 0) is 5.56 Å². The Morgan fingerprint density at radius 1 is 1.50 bits per heavy atom. The molecule has 2 rings (SSSR count). The molecule has 0 radical (unpaired) electrons. The molecule has 1 aromatic rings. The molecule has 3 atom stereocenters. The Morgan fingerprint density at radius 2 is 2.19 bits per heavy atom. The van der Waals surface area contributed by atoms with Crippen molar-refractivity contribution in [2.75, 3.05) is 6.61 Å². The highest BCUT2D eigenvalue weighted by atomic mass is 16.6. The molecule has 0 aromatic heterocycles. The Hall–Kier alpha value is -1.12. The van der Waals surface area contributed by atoms with Crippen molar-refractivity contribution < 1.29 is 9.47 Å². The van der Waals surface area contributed by atoms with Gasteiger partial charge in [0.15, 0.2) is 0 Å². The van der Waals surface area contributed by atoms with Crippen LogP contribution in [0.25, 0.3) is 0 Å². The molecule has 0 unspecified atom stereocenters. The SMILES string of the molecule is C=C[C@@H](C)[C@H](OCc1ccccc1)[C@@H]1CO1. The van der Waals surface area contributed by atoms with Crippen LogP contribution >= 0.6 is 0 Å². The summed E-state index contributed by atoms with van der Waals surface area (Å²) in [6.07, 6.45) is 2.33. The van der Waals surface area contributed by atoms with Gasteiger partial charge < -0.3 is 9.47 Å². The summed E-state index contributed by atoms with van der Waals surface area (Å²) in [5, 5.41) is 0. The van der Waals surface area contributed by atoms with Crippen LogP contribution in [0.2, 0.25) is 0 Å². The molecule has 1 saturated heterocycles. The third-order valence-corrected chi connectivity index (χ3v) is 2.90. The average Bonchev–Trinajstić information content (AvgIpc) is 3.15. The number of hydrogen-bond acceptors (Lipinski definition) is 2. The van der Waals surface area contributed by atoms with E-state index in [9.17, 15) is 0 Å². The quantitative estimate of drug-likeness (QED) is 0.541.